The molecule has 2 unspecified atom stereocenters. The second-order valence-electron chi connectivity index (χ2n) is 14.8. The molecule has 0 saturated heterocycles. The molecule has 3 aliphatic rings. The summed E-state index contributed by atoms with van der Waals surface area (Å²) in [5.41, 5.74) is 11.4. The summed E-state index contributed by atoms with van der Waals surface area (Å²) >= 11 is 0. The smallest absolute Gasteiger partial charge is 0.107 e. The zero-order chi connectivity index (χ0) is 38.2. The molecule has 0 saturated carbocycles. The third kappa shape index (κ3) is 6.06. The van der Waals surface area contributed by atoms with Crippen LogP contribution in [0.2, 0.25) is 0 Å². The number of hydrogen-bond donors (Lipinski definition) is 1. The average molecular weight is 714 g/mol. The zero-order valence-electron chi connectivity index (χ0n) is 31.5. The van der Waals surface area contributed by atoms with Crippen molar-refractivity contribution in [3.05, 3.63) is 198 Å². The third-order valence-corrected chi connectivity index (χ3v) is 11.2. The summed E-state index contributed by atoms with van der Waals surface area (Å²) in [4.78, 5) is 6.94. The zero-order valence-corrected chi connectivity index (χ0v) is 31.5. The van der Waals surface area contributed by atoms with E-state index in [9.17, 15) is 5.26 Å². The van der Waals surface area contributed by atoms with Gasteiger partial charge in [0.2, 0.25) is 0 Å². The van der Waals surface area contributed by atoms with Crippen molar-refractivity contribution in [3.8, 4) is 6.07 Å². The Balaban J connectivity index is 1.35. The van der Waals surface area contributed by atoms with E-state index in [1.165, 1.54) is 38.8 Å². The van der Waals surface area contributed by atoms with E-state index in [1.807, 2.05) is 43.4 Å². The largest absolute Gasteiger partial charge is 0.331 e. The highest BCUT2D eigenvalue weighted by molar-refractivity contribution is 6.17. The van der Waals surface area contributed by atoms with Crippen LogP contribution in [0.1, 0.15) is 50.3 Å². The predicted octanol–water partition coefficient (Wildman–Crippen LogP) is 12.3. The highest BCUT2D eigenvalue weighted by atomic mass is 15.2. The Hall–Kier alpha value is -6.77. The normalized spacial score (nSPS) is 20.9. The van der Waals surface area contributed by atoms with Crippen molar-refractivity contribution < 1.29 is 0 Å². The van der Waals surface area contributed by atoms with E-state index in [4.69, 9.17) is 5.41 Å². The Kier molecular flexibility index (Phi) is 9.12. The molecule has 2 heterocycles. The lowest BCUT2D eigenvalue weighted by atomic mass is 9.76. The van der Waals surface area contributed by atoms with E-state index in [0.717, 1.165) is 41.6 Å². The van der Waals surface area contributed by atoms with Crippen LogP contribution in [0.5, 0.6) is 0 Å². The quantitative estimate of drug-likeness (QED) is 0.0715. The molecule has 8 rings (SSSR count). The molecule has 268 valence electrons. The number of aromatic nitrogens is 1. The molecular formula is C50H43N5. The molecule has 0 amide bonds. The number of fused-ring (bicyclic) bond motifs is 6. The van der Waals surface area contributed by atoms with Crippen molar-refractivity contribution in [2.24, 2.45) is 4.99 Å². The van der Waals surface area contributed by atoms with Gasteiger partial charge >= 0.3 is 0 Å². The van der Waals surface area contributed by atoms with Crippen LogP contribution in [0.25, 0.3) is 27.4 Å². The topological polar surface area (TPSA) is 68.2 Å². The number of nitrogens with one attached hydrogen (secondary N) is 1. The maximum absolute atomic E-state index is 9.56. The Labute approximate surface area is 323 Å². The van der Waals surface area contributed by atoms with Crippen LogP contribution in [0, 0.1) is 16.7 Å². The highest BCUT2D eigenvalue weighted by Crippen LogP contribution is 2.56. The summed E-state index contributed by atoms with van der Waals surface area (Å²) in [6, 6.07) is 34.8. The second kappa shape index (κ2) is 14.2. The summed E-state index contributed by atoms with van der Waals surface area (Å²) in [5.74, 6) is 0. The van der Waals surface area contributed by atoms with Crippen LogP contribution < -0.4 is 4.90 Å². The number of allylic oxidation sites excluding steroid dienone is 14. The molecule has 0 radical (unpaired) electrons. The van der Waals surface area contributed by atoms with Gasteiger partial charge in [-0.3, -0.25) is 5.41 Å². The van der Waals surface area contributed by atoms with Crippen LogP contribution in [0.15, 0.2) is 186 Å². The first-order valence-corrected chi connectivity index (χ1v) is 18.8. The first kappa shape index (κ1) is 35.3. The summed E-state index contributed by atoms with van der Waals surface area (Å²) in [7, 11) is 0. The molecule has 0 spiro atoms. The minimum atomic E-state index is -0.216. The van der Waals surface area contributed by atoms with Crippen molar-refractivity contribution in [2.75, 3.05) is 4.90 Å². The van der Waals surface area contributed by atoms with Crippen LogP contribution >= 0.6 is 0 Å². The molecule has 1 aromatic heterocycles. The van der Waals surface area contributed by atoms with Gasteiger partial charge in [0, 0.05) is 44.2 Å². The standard InChI is InChI=1S/C50H43N5/c1-5-17-38(28-35(2)33-51)44(53-34-52)31-41(36-18-8-6-9-19-36)37-20-16-21-39(29-37)54-47-32-46-42(30-43(47)50(4)27-15-12-24-48(50)54)40-22-10-11-23-45(40)55(46)49(3)25-13-7-14-26-49/h5-25,28-32,34,52H,2,26-27H2,1,3-4H3/b17-5-,38-28+,41-31+,52-34?,53-44?. The fraction of sp³-hybridized carbons (Fsp3) is 0.140. The lowest BCUT2D eigenvalue weighted by Gasteiger charge is -2.31. The number of para-hydroxylation sites is 1. The fourth-order valence-electron chi connectivity index (χ4n) is 8.56. The summed E-state index contributed by atoms with van der Waals surface area (Å²) in [5, 5.41) is 20.0. The van der Waals surface area contributed by atoms with E-state index in [0.29, 0.717) is 16.9 Å². The van der Waals surface area contributed by atoms with Gasteiger partial charge in [0.25, 0.3) is 0 Å². The average Bonchev–Trinajstić information content (AvgIpc) is 3.68. The first-order chi connectivity index (χ1) is 26.8. The van der Waals surface area contributed by atoms with E-state index in [-0.39, 0.29) is 11.0 Å². The van der Waals surface area contributed by atoms with Crippen molar-refractivity contribution in [3.63, 3.8) is 0 Å². The van der Waals surface area contributed by atoms with Crippen LogP contribution in [0.4, 0.5) is 11.4 Å². The summed E-state index contributed by atoms with van der Waals surface area (Å²) in [6.07, 6.45) is 26.1. The predicted molar refractivity (Wildman–Crippen MR) is 231 cm³/mol. The molecule has 5 heteroatoms. The molecule has 55 heavy (non-hydrogen) atoms. The van der Waals surface area contributed by atoms with Gasteiger partial charge in [-0.15, -0.1) is 0 Å². The third-order valence-electron chi connectivity index (χ3n) is 11.2. The van der Waals surface area contributed by atoms with E-state index >= 15 is 0 Å². The lowest BCUT2D eigenvalue weighted by Crippen LogP contribution is -2.27. The molecule has 4 aromatic carbocycles. The Morgan fingerprint density at radius 1 is 0.855 bits per heavy atom. The van der Waals surface area contributed by atoms with Crippen molar-refractivity contribution in [1.29, 1.82) is 10.7 Å². The van der Waals surface area contributed by atoms with Gasteiger partial charge in [-0.2, -0.15) is 5.26 Å². The maximum atomic E-state index is 9.56. The highest BCUT2D eigenvalue weighted by Gasteiger charge is 2.45. The lowest BCUT2D eigenvalue weighted by molar-refractivity contribution is 0.437. The molecule has 1 aliphatic heterocycles. The number of nitrogens with zero attached hydrogens (tertiary/aromatic N) is 4. The maximum Gasteiger partial charge on any atom is 0.107 e. The van der Waals surface area contributed by atoms with Gasteiger partial charge in [0.1, 0.15) is 6.34 Å². The van der Waals surface area contributed by atoms with Gasteiger partial charge in [-0.25, -0.2) is 4.99 Å². The van der Waals surface area contributed by atoms with Crippen LogP contribution in [-0.4, -0.2) is 16.6 Å². The number of rotatable bonds is 9. The van der Waals surface area contributed by atoms with E-state index in [2.05, 4.69) is 156 Å². The molecule has 1 N–H and O–H groups in total. The molecular weight excluding hydrogens is 671 g/mol. The summed E-state index contributed by atoms with van der Waals surface area (Å²) < 4.78 is 2.54. The fourth-order valence-corrected chi connectivity index (χ4v) is 8.56. The molecule has 2 atom stereocenters. The minimum absolute atomic E-state index is 0.212. The summed E-state index contributed by atoms with van der Waals surface area (Å²) in [6.45, 7) is 10.5. The molecule has 5 aromatic rings. The Morgan fingerprint density at radius 3 is 2.40 bits per heavy atom. The van der Waals surface area contributed by atoms with Gasteiger partial charge in [-0.05, 0) is 104 Å². The SMILES string of the molecule is C=C(C#N)/C=C(\C=C/C)C(/C=C(\c1ccccc1)c1cccc(N2C3=CC=CCC3(C)c3cc4c5ccccc5n(C5(C)C=CC=CC5)c4cc32)c1)=NC=N. The monoisotopic (exact) mass is 713 g/mol. The van der Waals surface area contributed by atoms with Crippen molar-refractivity contribution in [2.45, 2.75) is 44.6 Å². The van der Waals surface area contributed by atoms with Crippen LogP contribution in [0.3, 0.4) is 0 Å². The minimum Gasteiger partial charge on any atom is -0.331 e. The second-order valence-corrected chi connectivity index (χ2v) is 14.8. The van der Waals surface area contributed by atoms with E-state index < -0.39 is 0 Å². The number of anilines is 2. The Morgan fingerprint density at radius 2 is 1.64 bits per heavy atom. The Bertz CT molecular complexity index is 2680. The number of benzene rings is 4. The first-order valence-electron chi connectivity index (χ1n) is 18.8. The van der Waals surface area contributed by atoms with Gasteiger partial charge < -0.3 is 9.47 Å². The molecule has 0 bridgehead atoms. The van der Waals surface area contributed by atoms with Crippen molar-refractivity contribution in [1.82, 2.24) is 4.57 Å². The van der Waals surface area contributed by atoms with Gasteiger partial charge in [0.15, 0.2) is 0 Å². The molecule has 2 aliphatic carbocycles. The number of aliphatic imine (C=N–C) groups is 1. The van der Waals surface area contributed by atoms with Gasteiger partial charge in [-0.1, -0.05) is 116 Å². The number of hydrogen-bond acceptors (Lipinski definition) is 3. The molecule has 5 nitrogen and oxygen atoms in total. The molecule has 0 fully saturated rings. The number of nitriles is 1. The van der Waals surface area contributed by atoms with Crippen molar-refractivity contribution >= 4 is 50.8 Å². The van der Waals surface area contributed by atoms with Crippen LogP contribution in [-0.2, 0) is 11.0 Å². The van der Waals surface area contributed by atoms with E-state index in [1.54, 1.807) is 6.08 Å². The van der Waals surface area contributed by atoms with Gasteiger partial charge in [0.05, 0.1) is 28.5 Å².